The quantitative estimate of drug-likeness (QED) is 0.594. The van der Waals surface area contributed by atoms with E-state index in [4.69, 9.17) is 4.74 Å². The van der Waals surface area contributed by atoms with Gasteiger partial charge >= 0.3 is 0 Å². The van der Waals surface area contributed by atoms with Crippen molar-refractivity contribution in [2.45, 2.75) is 31.5 Å². The molecule has 0 heterocycles. The minimum Gasteiger partial charge on any atom is -0.374 e. The molecule has 2 rings (SSSR count). The van der Waals surface area contributed by atoms with Crippen molar-refractivity contribution in [3.63, 3.8) is 0 Å². The highest BCUT2D eigenvalue weighted by atomic mass is 32.2. The maximum atomic E-state index is 11.9. The molecule has 25 heavy (non-hydrogen) atoms. The lowest BCUT2D eigenvalue weighted by molar-refractivity contribution is -0.385. The summed E-state index contributed by atoms with van der Waals surface area (Å²) in [5.41, 5.74) is 1.68. The molecule has 0 radical (unpaired) electrons. The van der Waals surface area contributed by atoms with Crippen LogP contribution in [0.25, 0.3) is 0 Å². The SMILES string of the molecule is CC(C)OCc1ccc(Nc2ccc([N+](=O)[O-])cc2S(C)(=O)=O)cc1. The lowest BCUT2D eigenvalue weighted by atomic mass is 10.2. The Morgan fingerprint density at radius 1 is 1.16 bits per heavy atom. The number of nitro groups is 1. The number of nitrogens with one attached hydrogen (secondary N) is 1. The highest BCUT2D eigenvalue weighted by Gasteiger charge is 2.18. The van der Waals surface area contributed by atoms with E-state index >= 15 is 0 Å². The van der Waals surface area contributed by atoms with Gasteiger partial charge in [0.15, 0.2) is 9.84 Å². The number of benzene rings is 2. The number of nitrogens with zero attached hydrogens (tertiary/aromatic N) is 1. The van der Waals surface area contributed by atoms with Gasteiger partial charge in [-0.25, -0.2) is 8.42 Å². The second kappa shape index (κ2) is 7.62. The lowest BCUT2D eigenvalue weighted by Crippen LogP contribution is -2.04. The molecule has 1 N–H and O–H groups in total. The Morgan fingerprint density at radius 2 is 1.80 bits per heavy atom. The van der Waals surface area contributed by atoms with E-state index in [-0.39, 0.29) is 16.7 Å². The van der Waals surface area contributed by atoms with Crippen molar-refractivity contribution < 1.29 is 18.1 Å². The summed E-state index contributed by atoms with van der Waals surface area (Å²) >= 11 is 0. The first-order chi connectivity index (χ1) is 11.7. The molecular weight excluding hydrogens is 344 g/mol. The second-order valence-corrected chi connectivity index (χ2v) is 7.88. The van der Waals surface area contributed by atoms with Crippen molar-refractivity contribution >= 4 is 26.9 Å². The molecule has 0 saturated heterocycles. The summed E-state index contributed by atoms with van der Waals surface area (Å²) in [6.07, 6.45) is 1.15. The van der Waals surface area contributed by atoms with Crippen LogP contribution < -0.4 is 5.32 Å². The zero-order valence-corrected chi connectivity index (χ0v) is 15.0. The van der Waals surface area contributed by atoms with E-state index in [0.29, 0.717) is 18.0 Å². The molecule has 0 fully saturated rings. The van der Waals surface area contributed by atoms with E-state index in [1.807, 2.05) is 26.0 Å². The van der Waals surface area contributed by atoms with Crippen LogP contribution in [0.15, 0.2) is 47.4 Å². The van der Waals surface area contributed by atoms with Crippen molar-refractivity contribution in [1.29, 1.82) is 0 Å². The van der Waals surface area contributed by atoms with Crippen LogP contribution in [0.4, 0.5) is 17.1 Å². The molecule has 0 aliphatic rings. The first kappa shape index (κ1) is 18.9. The van der Waals surface area contributed by atoms with E-state index in [1.54, 1.807) is 12.1 Å². The third-order valence-electron chi connectivity index (χ3n) is 3.39. The van der Waals surface area contributed by atoms with E-state index in [2.05, 4.69) is 5.32 Å². The number of nitro benzene ring substituents is 1. The smallest absolute Gasteiger partial charge is 0.270 e. The molecule has 7 nitrogen and oxygen atoms in total. The van der Waals surface area contributed by atoms with Gasteiger partial charge in [0, 0.05) is 24.1 Å². The maximum Gasteiger partial charge on any atom is 0.270 e. The van der Waals surface area contributed by atoms with Crippen molar-refractivity contribution in [3.05, 3.63) is 58.1 Å². The first-order valence-corrected chi connectivity index (χ1v) is 9.52. The van der Waals surface area contributed by atoms with Gasteiger partial charge in [0.2, 0.25) is 0 Å². The number of anilines is 2. The fourth-order valence-corrected chi connectivity index (χ4v) is 2.99. The Bertz CT molecular complexity index is 861. The number of ether oxygens (including phenoxy) is 1. The van der Waals surface area contributed by atoms with Gasteiger partial charge in [-0.3, -0.25) is 10.1 Å². The normalized spacial score (nSPS) is 11.5. The zero-order chi connectivity index (χ0) is 18.6. The maximum absolute atomic E-state index is 11.9. The van der Waals surface area contributed by atoms with Crippen LogP contribution in [0.5, 0.6) is 0 Å². The summed E-state index contributed by atoms with van der Waals surface area (Å²) in [4.78, 5) is 10.1. The van der Waals surface area contributed by atoms with Crippen molar-refractivity contribution in [1.82, 2.24) is 0 Å². The second-order valence-electron chi connectivity index (χ2n) is 5.89. The standard InChI is InChI=1S/C17H20N2O5S/c1-12(2)24-11-13-4-6-14(7-5-13)18-16-9-8-15(19(20)21)10-17(16)25(3,22)23/h4-10,12,18H,11H2,1-3H3. The van der Waals surface area contributed by atoms with Gasteiger partial charge in [-0.2, -0.15) is 0 Å². The molecule has 134 valence electrons. The van der Waals surface area contributed by atoms with E-state index in [1.165, 1.54) is 12.1 Å². The average molecular weight is 364 g/mol. The minimum absolute atomic E-state index is 0.117. The molecule has 2 aromatic carbocycles. The number of hydrogen-bond acceptors (Lipinski definition) is 6. The Hall–Kier alpha value is -2.45. The van der Waals surface area contributed by atoms with Gasteiger partial charge in [0.25, 0.3) is 5.69 Å². The van der Waals surface area contributed by atoms with Crippen molar-refractivity contribution in [3.8, 4) is 0 Å². The van der Waals surface area contributed by atoms with Gasteiger partial charge in [-0.15, -0.1) is 0 Å². The molecule has 0 unspecified atom stereocenters. The topological polar surface area (TPSA) is 98.5 Å². The first-order valence-electron chi connectivity index (χ1n) is 7.63. The monoisotopic (exact) mass is 364 g/mol. The van der Waals surface area contributed by atoms with Crippen molar-refractivity contribution in [2.24, 2.45) is 0 Å². The van der Waals surface area contributed by atoms with Crippen molar-refractivity contribution in [2.75, 3.05) is 11.6 Å². The summed E-state index contributed by atoms with van der Waals surface area (Å²) in [6.45, 7) is 4.40. The number of sulfone groups is 1. The lowest BCUT2D eigenvalue weighted by Gasteiger charge is -2.12. The largest absolute Gasteiger partial charge is 0.374 e. The molecule has 8 heteroatoms. The molecule has 2 aromatic rings. The predicted octanol–water partition coefficient (Wildman–Crippen LogP) is 3.67. The number of rotatable bonds is 7. The fourth-order valence-electron chi connectivity index (χ4n) is 2.14. The average Bonchev–Trinajstić information content (AvgIpc) is 2.53. The predicted molar refractivity (Wildman–Crippen MR) is 95.9 cm³/mol. The summed E-state index contributed by atoms with van der Waals surface area (Å²) in [5.74, 6) is 0. The van der Waals surface area contributed by atoms with Crippen LogP contribution in [-0.4, -0.2) is 25.7 Å². The van der Waals surface area contributed by atoms with Crippen LogP contribution in [0.1, 0.15) is 19.4 Å². The van der Waals surface area contributed by atoms with Gasteiger partial charge in [-0.05, 0) is 37.6 Å². The highest BCUT2D eigenvalue weighted by molar-refractivity contribution is 7.90. The minimum atomic E-state index is -3.62. The van der Waals surface area contributed by atoms with Crippen LogP contribution in [0.3, 0.4) is 0 Å². The van der Waals surface area contributed by atoms with Crippen LogP contribution in [-0.2, 0) is 21.2 Å². The molecule has 0 aliphatic heterocycles. The zero-order valence-electron chi connectivity index (χ0n) is 14.2. The number of hydrogen-bond donors (Lipinski definition) is 1. The third kappa shape index (κ3) is 5.27. The van der Waals surface area contributed by atoms with Crippen LogP contribution >= 0.6 is 0 Å². The Morgan fingerprint density at radius 3 is 2.32 bits per heavy atom. The van der Waals surface area contributed by atoms with Gasteiger partial charge < -0.3 is 10.1 Å². The molecule has 0 atom stereocenters. The Kier molecular flexibility index (Phi) is 5.76. The van der Waals surface area contributed by atoms with Crippen LogP contribution in [0.2, 0.25) is 0 Å². The molecule has 0 spiro atoms. The number of non-ortho nitro benzene ring substituents is 1. The summed E-state index contributed by atoms with van der Waals surface area (Å²) in [5, 5.41) is 13.9. The molecule has 0 saturated carbocycles. The van der Waals surface area contributed by atoms with E-state index in [9.17, 15) is 18.5 Å². The van der Waals surface area contributed by atoms with E-state index < -0.39 is 14.8 Å². The molecule has 0 bridgehead atoms. The molecule has 0 amide bonds. The fraction of sp³-hybridized carbons (Fsp3) is 0.294. The van der Waals surface area contributed by atoms with Gasteiger partial charge in [0.1, 0.15) is 0 Å². The molecule has 0 aliphatic carbocycles. The summed E-state index contributed by atoms with van der Waals surface area (Å²) in [7, 11) is -3.62. The van der Waals surface area contributed by atoms with Crippen LogP contribution in [0, 0.1) is 10.1 Å². The third-order valence-corrected chi connectivity index (χ3v) is 4.53. The summed E-state index contributed by atoms with van der Waals surface area (Å²) in [6, 6.07) is 11.1. The van der Waals surface area contributed by atoms with Gasteiger partial charge in [-0.1, -0.05) is 12.1 Å². The Balaban J connectivity index is 2.26. The highest BCUT2D eigenvalue weighted by Crippen LogP contribution is 2.29. The van der Waals surface area contributed by atoms with Gasteiger partial charge in [0.05, 0.1) is 28.2 Å². The Labute approximate surface area is 146 Å². The summed E-state index contributed by atoms with van der Waals surface area (Å²) < 4.78 is 29.4. The van der Waals surface area contributed by atoms with E-state index in [0.717, 1.165) is 17.9 Å². The molecular formula is C17H20N2O5S. The molecule has 0 aromatic heterocycles.